The summed E-state index contributed by atoms with van der Waals surface area (Å²) in [5.74, 6) is 3.84. The summed E-state index contributed by atoms with van der Waals surface area (Å²) in [7, 11) is -2.21. The average Bonchev–Trinajstić information content (AvgIpc) is 3.97. The Bertz CT molecular complexity index is 1990. The van der Waals surface area contributed by atoms with Crippen molar-refractivity contribution < 1.29 is 24.6 Å². The van der Waals surface area contributed by atoms with Crippen molar-refractivity contribution in [2.24, 2.45) is 0 Å². The van der Waals surface area contributed by atoms with E-state index in [0.29, 0.717) is 8.11 Å². The molecule has 4 aromatic carbocycles. The first kappa shape index (κ1) is 20.4. The Labute approximate surface area is 231 Å². The van der Waals surface area contributed by atoms with Gasteiger partial charge in [-0.05, 0) is 0 Å². The predicted molar refractivity (Wildman–Crippen MR) is 158 cm³/mol. The van der Waals surface area contributed by atoms with Gasteiger partial charge in [-0.15, -0.1) is 0 Å². The molecule has 206 valence electrons. The predicted octanol–water partition coefficient (Wildman–Crippen LogP) is 10.1. The number of hydrogen-bond acceptors (Lipinski definition) is 4. The third-order valence-electron chi connectivity index (χ3n) is 18.9. The van der Waals surface area contributed by atoms with E-state index in [4.69, 9.17) is 18.1 Å². The minimum absolute atomic E-state index is 0.329. The van der Waals surface area contributed by atoms with Gasteiger partial charge < -0.3 is 0 Å². The molecule has 0 N–H and O–H groups in total. The van der Waals surface area contributed by atoms with Crippen molar-refractivity contribution in [1.29, 1.82) is 0 Å². The molecule has 0 radical (unpaired) electrons. The quantitative estimate of drug-likeness (QED) is 0.131. The van der Waals surface area contributed by atoms with E-state index in [1.165, 1.54) is 0 Å². The van der Waals surface area contributed by atoms with Crippen molar-refractivity contribution in [3.63, 3.8) is 0 Å². The zero-order chi connectivity index (χ0) is 26.4. The molecule has 4 aromatic rings. The van der Waals surface area contributed by atoms with Crippen LogP contribution in [0, 0.1) is 0 Å². The van der Waals surface area contributed by atoms with Gasteiger partial charge in [0.2, 0.25) is 0 Å². The van der Waals surface area contributed by atoms with Crippen LogP contribution in [-0.4, -0.2) is 8.11 Å². The third kappa shape index (κ3) is 0.586. The molecule has 0 aromatic heterocycles. The summed E-state index contributed by atoms with van der Waals surface area (Å²) in [6.07, 6.45) is 0. The van der Waals surface area contributed by atoms with E-state index in [0.717, 1.165) is 61.5 Å². The van der Waals surface area contributed by atoms with Crippen LogP contribution in [0.4, 0.5) is 0 Å². The fourth-order valence-corrected chi connectivity index (χ4v) is 119. The monoisotopic (exact) mass is 618 g/mol. The number of benzene rings is 4. The fourth-order valence-electron chi connectivity index (χ4n) is 19.9. The van der Waals surface area contributed by atoms with Gasteiger partial charge in [-0.25, -0.2) is 0 Å². The molecule has 10 aliphatic heterocycles. The second kappa shape index (κ2) is 3.43. The molecule has 0 amide bonds. The van der Waals surface area contributed by atoms with Crippen molar-refractivity contribution in [2.75, 3.05) is 0 Å². The fraction of sp³-hybridized carbons (Fsp3) is 0.294. The zero-order valence-corrected chi connectivity index (χ0v) is 24.9. The Morgan fingerprint density at radius 1 is 0.390 bits per heavy atom. The van der Waals surface area contributed by atoms with Crippen LogP contribution in [0.15, 0.2) is 121 Å². The summed E-state index contributed by atoms with van der Waals surface area (Å²) >= 11 is 0. The average molecular weight is 618 g/mol. The summed E-state index contributed by atoms with van der Waals surface area (Å²) in [5.41, 5.74) is 0. The summed E-state index contributed by atoms with van der Waals surface area (Å²) in [5, 5.41) is 0. The summed E-state index contributed by atoms with van der Waals surface area (Å²) in [6.45, 7) is -4.19. The topological polar surface area (TPSA) is 36.9 Å². The maximum absolute atomic E-state index is 7.11. The molecule has 0 bridgehead atoms. The molecule has 8 atom stereocenters. The molecule has 7 heteroatoms. The molecule has 4 nitrogen and oxygen atoms in total. The van der Waals surface area contributed by atoms with Gasteiger partial charge in [-0.2, -0.15) is 0 Å². The van der Waals surface area contributed by atoms with E-state index in [9.17, 15) is 0 Å². The van der Waals surface area contributed by atoms with Gasteiger partial charge in [0, 0.05) is 0 Å². The Hall–Kier alpha value is -2.54. The summed E-state index contributed by atoms with van der Waals surface area (Å²) in [6, 6.07) is 42.0. The number of rotatable bonds is 10. The molecule has 0 aliphatic carbocycles. The minimum atomic E-state index is -4.19. The van der Waals surface area contributed by atoms with Gasteiger partial charge >= 0.3 is 232 Å². The maximum atomic E-state index is 7.11. The van der Waals surface area contributed by atoms with Gasteiger partial charge in [-0.1, -0.05) is 0 Å². The van der Waals surface area contributed by atoms with E-state index in [1.807, 2.05) is 0 Å². The van der Waals surface area contributed by atoms with E-state index in [2.05, 4.69) is 121 Å². The van der Waals surface area contributed by atoms with Crippen molar-refractivity contribution >= 4 is 16.8 Å². The molecule has 1 spiro atoms. The third-order valence-corrected chi connectivity index (χ3v) is 73.3. The second-order valence-corrected chi connectivity index (χ2v) is 43.1. The van der Waals surface area contributed by atoms with Gasteiger partial charge in [0.05, 0.1) is 0 Å². The first-order chi connectivity index (χ1) is 20.0. The molecule has 10 aliphatic rings. The Morgan fingerprint density at radius 2 is 0.634 bits per heavy atom. The van der Waals surface area contributed by atoms with Crippen LogP contribution in [0.1, 0.15) is 0 Å². The first-order valence-electron chi connectivity index (χ1n) is 14.8. The molecule has 10 saturated heterocycles. The van der Waals surface area contributed by atoms with E-state index >= 15 is 0 Å². The van der Waals surface area contributed by atoms with Crippen molar-refractivity contribution in [2.45, 2.75) is 46.6 Å². The molecule has 0 saturated carbocycles. The van der Waals surface area contributed by atoms with Gasteiger partial charge in [0.1, 0.15) is 0 Å². The van der Waals surface area contributed by atoms with Crippen molar-refractivity contribution in [3.05, 3.63) is 121 Å². The van der Waals surface area contributed by atoms with E-state index in [-0.39, 0.29) is 0 Å². The van der Waals surface area contributed by atoms with Crippen LogP contribution in [0.3, 0.4) is 0 Å². The summed E-state index contributed by atoms with van der Waals surface area (Å²) in [4.78, 5) is 7.80. The number of para-hydroxylation sites is 4. The standard InChI is InChI=1S/2C17H14O2P.Fe/c2*1-3-9-15(10-4-1)18-20(17-13-7-8-14-17)19-16-11-5-2-6-12-16;/h2*1-14H;. The molecular weight excluding hydrogens is 590 g/mol. The molecule has 14 rings (SSSR count). The van der Waals surface area contributed by atoms with Crippen LogP contribution in [-0.2, 0) is 6.51 Å². The molecule has 10 heterocycles. The number of hydrogen-bond donors (Lipinski definition) is 0. The van der Waals surface area contributed by atoms with Gasteiger partial charge in [0.15, 0.2) is 0 Å². The van der Waals surface area contributed by atoms with Gasteiger partial charge in [-0.3, -0.25) is 0 Å². The van der Waals surface area contributed by atoms with Crippen LogP contribution in [0.2, 0.25) is 38.5 Å². The number of fused-ring (bicyclic) bond motifs is 10. The normalized spacial score (nSPS) is 57.7. The van der Waals surface area contributed by atoms with Crippen LogP contribution < -0.4 is 18.1 Å². The van der Waals surface area contributed by atoms with E-state index < -0.39 is 23.3 Å². The van der Waals surface area contributed by atoms with Gasteiger partial charge in [0.25, 0.3) is 0 Å². The van der Waals surface area contributed by atoms with Crippen LogP contribution in [0.5, 0.6) is 23.0 Å². The van der Waals surface area contributed by atoms with E-state index in [1.54, 1.807) is 0 Å². The molecular formula is C34H28FeO4P2. The molecule has 8 unspecified atom stereocenters. The second-order valence-electron chi connectivity index (χ2n) is 15.8. The van der Waals surface area contributed by atoms with Crippen LogP contribution >= 0.6 is 16.8 Å². The SMILES string of the molecule is c1ccc(OP(Oc2ccccc2)[C]23[CH]4[CH]5[CH]6[CH]2[Fe]56432789[CH]3[CH]2[CH]7[C]8(P(Oc2ccccc2)Oc2ccccc2)[CH]39)cc1. The first-order valence-corrected chi connectivity index (χ1v) is 23.3. The van der Waals surface area contributed by atoms with Crippen molar-refractivity contribution in [3.8, 4) is 23.0 Å². The molecule has 41 heavy (non-hydrogen) atoms. The molecule has 10 fully saturated rings. The Morgan fingerprint density at radius 3 is 0.854 bits per heavy atom. The Kier molecular flexibility index (Phi) is 1.71. The van der Waals surface area contributed by atoms with Crippen molar-refractivity contribution in [1.82, 2.24) is 0 Å². The van der Waals surface area contributed by atoms with Crippen LogP contribution in [0.25, 0.3) is 0 Å². The zero-order valence-electron chi connectivity index (χ0n) is 22.0. The Balaban J connectivity index is 0.978. The summed E-state index contributed by atoms with van der Waals surface area (Å²) < 4.78 is 29.1.